The van der Waals surface area contributed by atoms with Gasteiger partial charge >= 0.3 is 0 Å². The predicted octanol–water partition coefficient (Wildman–Crippen LogP) is 7.05. The number of ether oxygens (including phenoxy) is 3. The molecule has 1 aliphatic heterocycles. The Hall–Kier alpha value is -3.79. The molecule has 0 spiro atoms. The summed E-state index contributed by atoms with van der Waals surface area (Å²) in [5, 5.41) is 5.35. The second-order valence-electron chi connectivity index (χ2n) is 9.06. The molecule has 1 aromatic heterocycles. The Morgan fingerprint density at radius 2 is 1.76 bits per heavy atom. The lowest BCUT2D eigenvalue weighted by Crippen LogP contribution is -2.30. The summed E-state index contributed by atoms with van der Waals surface area (Å²) in [5.41, 5.74) is 4.18. The van der Waals surface area contributed by atoms with Gasteiger partial charge in [-0.05, 0) is 67.4 Å². The number of carbonyl (C=O) groups excluding carboxylic acids is 1. The van der Waals surface area contributed by atoms with E-state index in [4.69, 9.17) is 43.1 Å². The molecule has 7 nitrogen and oxygen atoms in total. The van der Waals surface area contributed by atoms with Crippen LogP contribution < -0.4 is 14.2 Å². The largest absolute Gasteiger partial charge is 0.493 e. The Bertz CT molecular complexity index is 1620. The highest BCUT2D eigenvalue weighted by atomic mass is 35.5. The molecule has 3 aromatic carbocycles. The van der Waals surface area contributed by atoms with Crippen LogP contribution >= 0.6 is 35.6 Å². The number of amides is 1. The summed E-state index contributed by atoms with van der Waals surface area (Å²) in [4.78, 5) is 15.7. The summed E-state index contributed by atoms with van der Waals surface area (Å²) in [6, 6.07) is 21.1. The van der Waals surface area contributed by atoms with Crippen molar-refractivity contribution >= 4 is 51.9 Å². The van der Waals surface area contributed by atoms with Crippen LogP contribution in [0.1, 0.15) is 18.1 Å². The lowest BCUT2D eigenvalue weighted by Gasteiger charge is -2.15. The Labute approximate surface area is 253 Å². The number of thiocarbonyl (C=S) groups is 1. The smallest absolute Gasteiger partial charge is 0.266 e. The SMILES string of the molecule is CCOc1ccc(-c2nn(-c3ccccc3)cc2C=C2SC(=S)N(CCc3ccc(OC)c(OC)c3)C2=O)cc1Cl. The van der Waals surface area contributed by atoms with Crippen molar-refractivity contribution in [1.82, 2.24) is 14.7 Å². The highest BCUT2D eigenvalue weighted by molar-refractivity contribution is 8.26. The first-order valence-electron chi connectivity index (χ1n) is 13.0. The van der Waals surface area contributed by atoms with Crippen LogP contribution in [0.25, 0.3) is 23.0 Å². The van der Waals surface area contributed by atoms with E-state index in [1.54, 1.807) is 23.8 Å². The molecule has 1 aliphatic rings. The van der Waals surface area contributed by atoms with Gasteiger partial charge in [-0.2, -0.15) is 5.10 Å². The van der Waals surface area contributed by atoms with Crippen molar-refractivity contribution in [2.45, 2.75) is 13.3 Å². The van der Waals surface area contributed by atoms with Gasteiger partial charge in [0.25, 0.3) is 5.91 Å². The van der Waals surface area contributed by atoms with Gasteiger partial charge in [0.05, 0.1) is 36.4 Å². The fourth-order valence-corrected chi connectivity index (χ4v) is 6.00. The summed E-state index contributed by atoms with van der Waals surface area (Å²) in [6.07, 6.45) is 4.37. The van der Waals surface area contributed by atoms with Crippen LogP contribution in [0.4, 0.5) is 0 Å². The number of nitrogens with zero attached hydrogens (tertiary/aromatic N) is 3. The van der Waals surface area contributed by atoms with E-state index in [2.05, 4.69) is 0 Å². The number of hydrogen-bond acceptors (Lipinski definition) is 7. The highest BCUT2D eigenvalue weighted by Crippen LogP contribution is 2.37. The number of halogens is 1. The van der Waals surface area contributed by atoms with Crippen LogP contribution in [-0.2, 0) is 11.2 Å². The molecule has 0 radical (unpaired) electrons. The van der Waals surface area contributed by atoms with Crippen LogP contribution in [0.5, 0.6) is 17.2 Å². The molecule has 0 atom stereocenters. The standard InChI is InChI=1S/C31H28ClN3O4S2/c1-4-39-25-13-11-21(17-24(25)32)29-22(19-35(33-29)23-8-6-5-7-9-23)18-28-30(36)34(31(40)41-28)15-14-20-10-12-26(37-2)27(16-20)38-3/h5-13,16-19H,4,14-15H2,1-3H3. The molecule has 2 heterocycles. The second-order valence-corrected chi connectivity index (χ2v) is 11.1. The fourth-order valence-electron chi connectivity index (χ4n) is 4.46. The van der Waals surface area contributed by atoms with Gasteiger partial charge in [0, 0.05) is 23.9 Å². The summed E-state index contributed by atoms with van der Waals surface area (Å²) < 4.78 is 18.7. The molecule has 4 aromatic rings. The van der Waals surface area contributed by atoms with Crippen molar-refractivity contribution in [2.75, 3.05) is 27.4 Å². The summed E-state index contributed by atoms with van der Waals surface area (Å²) in [7, 11) is 3.20. The maximum Gasteiger partial charge on any atom is 0.266 e. The van der Waals surface area contributed by atoms with E-state index in [1.807, 2.05) is 85.9 Å². The molecular formula is C31H28ClN3O4S2. The van der Waals surface area contributed by atoms with Gasteiger partial charge in [-0.1, -0.05) is 59.8 Å². The summed E-state index contributed by atoms with van der Waals surface area (Å²) in [5.74, 6) is 1.78. The highest BCUT2D eigenvalue weighted by Gasteiger charge is 2.32. The lowest BCUT2D eigenvalue weighted by atomic mass is 10.1. The second kappa shape index (κ2) is 12.8. The molecule has 0 bridgehead atoms. The Morgan fingerprint density at radius 3 is 2.46 bits per heavy atom. The molecule has 1 saturated heterocycles. The van der Waals surface area contributed by atoms with E-state index >= 15 is 0 Å². The number of aromatic nitrogens is 2. The number of thioether (sulfide) groups is 1. The number of carbonyl (C=O) groups is 1. The minimum atomic E-state index is -0.136. The summed E-state index contributed by atoms with van der Waals surface area (Å²) >= 11 is 13.4. The van der Waals surface area contributed by atoms with Gasteiger partial charge in [0.1, 0.15) is 15.8 Å². The molecule has 0 N–H and O–H groups in total. The van der Waals surface area contributed by atoms with Gasteiger partial charge in [-0.3, -0.25) is 9.69 Å². The van der Waals surface area contributed by atoms with Gasteiger partial charge < -0.3 is 14.2 Å². The van der Waals surface area contributed by atoms with Crippen molar-refractivity contribution in [3.8, 4) is 34.2 Å². The molecule has 1 amide bonds. The van der Waals surface area contributed by atoms with E-state index in [1.165, 1.54) is 11.8 Å². The third-order valence-corrected chi connectivity index (χ3v) is 8.17. The zero-order chi connectivity index (χ0) is 28.9. The average molecular weight is 606 g/mol. The van der Waals surface area contributed by atoms with E-state index < -0.39 is 0 Å². The van der Waals surface area contributed by atoms with Gasteiger partial charge in [-0.15, -0.1) is 0 Å². The van der Waals surface area contributed by atoms with Crippen molar-refractivity contribution in [3.63, 3.8) is 0 Å². The Morgan fingerprint density at radius 1 is 1.00 bits per heavy atom. The van der Waals surface area contributed by atoms with E-state index in [0.29, 0.717) is 56.8 Å². The van der Waals surface area contributed by atoms with Gasteiger partial charge in [0.15, 0.2) is 11.5 Å². The minimum absolute atomic E-state index is 0.136. The summed E-state index contributed by atoms with van der Waals surface area (Å²) in [6.45, 7) is 2.87. The van der Waals surface area contributed by atoms with E-state index in [0.717, 1.165) is 22.4 Å². The number of benzene rings is 3. The van der Waals surface area contributed by atoms with Crippen LogP contribution in [0, 0.1) is 0 Å². The average Bonchev–Trinajstić information content (AvgIpc) is 3.53. The normalized spacial score (nSPS) is 14.1. The zero-order valence-corrected chi connectivity index (χ0v) is 25.2. The molecule has 0 unspecified atom stereocenters. The maximum absolute atomic E-state index is 13.5. The molecule has 5 rings (SSSR count). The third-order valence-electron chi connectivity index (χ3n) is 6.50. The number of para-hydroxylation sites is 1. The Balaban J connectivity index is 1.44. The first-order valence-corrected chi connectivity index (χ1v) is 14.6. The molecule has 0 saturated carbocycles. The molecular weight excluding hydrogens is 578 g/mol. The molecule has 210 valence electrons. The van der Waals surface area contributed by atoms with Crippen LogP contribution in [-0.4, -0.2) is 52.3 Å². The van der Waals surface area contributed by atoms with Gasteiger partial charge in [-0.25, -0.2) is 4.68 Å². The first-order chi connectivity index (χ1) is 19.9. The van der Waals surface area contributed by atoms with E-state index in [9.17, 15) is 4.79 Å². The van der Waals surface area contributed by atoms with Gasteiger partial charge in [0.2, 0.25) is 0 Å². The molecule has 10 heteroatoms. The number of hydrogen-bond donors (Lipinski definition) is 0. The topological polar surface area (TPSA) is 65.8 Å². The molecule has 41 heavy (non-hydrogen) atoms. The minimum Gasteiger partial charge on any atom is -0.493 e. The van der Waals surface area contributed by atoms with Crippen LogP contribution in [0.2, 0.25) is 5.02 Å². The Kier molecular flexibility index (Phi) is 8.97. The number of rotatable bonds is 10. The lowest BCUT2D eigenvalue weighted by molar-refractivity contribution is -0.122. The fraction of sp³-hybridized carbons (Fsp3) is 0.194. The molecule has 1 fully saturated rings. The van der Waals surface area contributed by atoms with Crippen LogP contribution in [0.3, 0.4) is 0 Å². The van der Waals surface area contributed by atoms with Crippen molar-refractivity contribution in [2.24, 2.45) is 0 Å². The third kappa shape index (κ3) is 6.27. The maximum atomic E-state index is 13.5. The molecule has 0 aliphatic carbocycles. The zero-order valence-electron chi connectivity index (χ0n) is 22.8. The van der Waals surface area contributed by atoms with Crippen molar-refractivity contribution in [3.05, 3.63) is 94.0 Å². The van der Waals surface area contributed by atoms with Crippen molar-refractivity contribution in [1.29, 1.82) is 0 Å². The predicted molar refractivity (Wildman–Crippen MR) is 168 cm³/mol. The van der Waals surface area contributed by atoms with E-state index in [-0.39, 0.29) is 5.91 Å². The van der Waals surface area contributed by atoms with Crippen molar-refractivity contribution < 1.29 is 19.0 Å². The van der Waals surface area contributed by atoms with Crippen LogP contribution in [0.15, 0.2) is 77.8 Å². The number of methoxy groups -OCH3 is 2. The monoisotopic (exact) mass is 605 g/mol. The quantitative estimate of drug-likeness (QED) is 0.142. The first kappa shape index (κ1) is 28.7.